The number of carbonyl (C=O) groups excluding carboxylic acids is 1. The number of hydrogen-bond donors (Lipinski definition) is 1. The van der Waals surface area contributed by atoms with Crippen molar-refractivity contribution in [3.8, 4) is 5.75 Å². The Kier molecular flexibility index (Phi) is 6.74. The molecule has 0 amide bonds. The van der Waals surface area contributed by atoms with E-state index in [1.807, 2.05) is 24.3 Å². The predicted octanol–water partition coefficient (Wildman–Crippen LogP) is 3.91. The second-order valence-electron chi connectivity index (χ2n) is 6.27. The summed E-state index contributed by atoms with van der Waals surface area (Å²) in [7, 11) is -2.22. The summed E-state index contributed by atoms with van der Waals surface area (Å²) in [5.41, 5.74) is 0.630. The third kappa shape index (κ3) is 5.47. The molecule has 1 N–H and O–H groups in total. The molecule has 0 aliphatic heterocycles. The van der Waals surface area contributed by atoms with Crippen molar-refractivity contribution in [2.45, 2.75) is 17.9 Å². The van der Waals surface area contributed by atoms with Crippen molar-refractivity contribution < 1.29 is 22.7 Å². The molecule has 0 bridgehead atoms. The molecule has 0 aliphatic carbocycles. The van der Waals surface area contributed by atoms with Crippen molar-refractivity contribution in [2.75, 3.05) is 13.7 Å². The molecule has 8 heteroatoms. The average molecular weight is 434 g/mol. The highest BCUT2D eigenvalue weighted by Gasteiger charge is 2.15. The van der Waals surface area contributed by atoms with Gasteiger partial charge in [0.2, 0.25) is 10.0 Å². The lowest BCUT2D eigenvalue weighted by Gasteiger charge is -2.10. The highest BCUT2D eigenvalue weighted by Crippen LogP contribution is 2.23. The van der Waals surface area contributed by atoms with E-state index in [4.69, 9.17) is 21.1 Å². The van der Waals surface area contributed by atoms with Crippen LogP contribution in [0, 0.1) is 0 Å². The Morgan fingerprint density at radius 2 is 1.79 bits per heavy atom. The molecule has 0 heterocycles. The molecule has 152 valence electrons. The fourth-order valence-electron chi connectivity index (χ4n) is 2.80. The summed E-state index contributed by atoms with van der Waals surface area (Å²) in [4.78, 5) is 12.1. The molecule has 0 atom stereocenters. The number of rotatable bonds is 8. The van der Waals surface area contributed by atoms with E-state index in [1.165, 1.54) is 13.2 Å². The van der Waals surface area contributed by atoms with Crippen molar-refractivity contribution in [2.24, 2.45) is 0 Å². The molecule has 0 saturated heterocycles. The van der Waals surface area contributed by atoms with Crippen LogP contribution in [0.25, 0.3) is 10.8 Å². The number of esters is 1. The molecular formula is C21H20ClNO5S. The second-order valence-corrected chi connectivity index (χ2v) is 8.48. The van der Waals surface area contributed by atoms with E-state index in [9.17, 15) is 13.2 Å². The average Bonchev–Trinajstić information content (AvgIpc) is 2.72. The number of carbonyl (C=O) groups is 1. The third-order valence-corrected chi connectivity index (χ3v) is 5.98. The quantitative estimate of drug-likeness (QED) is 0.544. The largest absolute Gasteiger partial charge is 0.496 e. The van der Waals surface area contributed by atoms with Crippen LogP contribution in [-0.4, -0.2) is 28.0 Å². The predicted molar refractivity (Wildman–Crippen MR) is 112 cm³/mol. The standard InChI is InChI=1S/C21H20ClNO5S/c1-27-20-9-7-18(22)12-17(20)14-28-21(24)10-11-23-29(25,26)19-8-6-15-4-2-3-5-16(15)13-19/h2-9,12-13,23H,10-11,14H2,1H3. The van der Waals surface area contributed by atoms with Gasteiger partial charge in [-0.05, 0) is 41.1 Å². The minimum atomic E-state index is -3.73. The minimum absolute atomic E-state index is 0.0139. The number of sulfonamides is 1. The van der Waals surface area contributed by atoms with Crippen LogP contribution in [0.1, 0.15) is 12.0 Å². The lowest BCUT2D eigenvalue weighted by Crippen LogP contribution is -2.26. The van der Waals surface area contributed by atoms with Gasteiger partial charge >= 0.3 is 5.97 Å². The SMILES string of the molecule is COc1ccc(Cl)cc1COC(=O)CCNS(=O)(=O)c1ccc2ccccc2c1. The van der Waals surface area contributed by atoms with Gasteiger partial charge < -0.3 is 9.47 Å². The van der Waals surface area contributed by atoms with Crippen LogP contribution in [0.2, 0.25) is 5.02 Å². The van der Waals surface area contributed by atoms with Crippen molar-refractivity contribution in [1.29, 1.82) is 0 Å². The van der Waals surface area contributed by atoms with E-state index in [1.54, 1.807) is 30.3 Å². The molecule has 0 aliphatic rings. The smallest absolute Gasteiger partial charge is 0.307 e. The number of fused-ring (bicyclic) bond motifs is 1. The summed E-state index contributed by atoms with van der Waals surface area (Å²) in [5, 5.41) is 2.27. The lowest BCUT2D eigenvalue weighted by molar-refractivity contribution is -0.144. The fourth-order valence-corrected chi connectivity index (χ4v) is 4.06. The van der Waals surface area contributed by atoms with Crippen molar-refractivity contribution >= 4 is 38.4 Å². The lowest BCUT2D eigenvalue weighted by atomic mass is 10.1. The Balaban J connectivity index is 1.54. The van der Waals surface area contributed by atoms with Crippen LogP contribution >= 0.6 is 11.6 Å². The van der Waals surface area contributed by atoms with Crippen LogP contribution < -0.4 is 9.46 Å². The minimum Gasteiger partial charge on any atom is -0.496 e. The highest BCUT2D eigenvalue weighted by atomic mass is 35.5. The van der Waals surface area contributed by atoms with Crippen LogP contribution in [-0.2, 0) is 26.2 Å². The zero-order valence-corrected chi connectivity index (χ0v) is 17.3. The first-order valence-electron chi connectivity index (χ1n) is 8.85. The van der Waals surface area contributed by atoms with Crippen LogP contribution in [0.3, 0.4) is 0 Å². The summed E-state index contributed by atoms with van der Waals surface area (Å²) in [5.74, 6) is 0.0208. The Bertz CT molecular complexity index is 1130. The Labute approximate surface area is 174 Å². The van der Waals surface area contributed by atoms with Crippen molar-refractivity contribution in [3.05, 3.63) is 71.2 Å². The number of hydrogen-bond acceptors (Lipinski definition) is 5. The van der Waals surface area contributed by atoms with Gasteiger partial charge in [0.05, 0.1) is 18.4 Å². The van der Waals surface area contributed by atoms with Crippen molar-refractivity contribution in [3.63, 3.8) is 0 Å². The molecular weight excluding hydrogens is 414 g/mol. The van der Waals surface area contributed by atoms with Gasteiger partial charge in [0.25, 0.3) is 0 Å². The van der Waals surface area contributed by atoms with Gasteiger partial charge in [-0.25, -0.2) is 13.1 Å². The fraction of sp³-hybridized carbons (Fsp3) is 0.190. The zero-order valence-electron chi connectivity index (χ0n) is 15.7. The molecule has 0 spiro atoms. The molecule has 0 aromatic heterocycles. The van der Waals surface area contributed by atoms with E-state index in [0.29, 0.717) is 16.3 Å². The molecule has 29 heavy (non-hydrogen) atoms. The molecule has 0 saturated carbocycles. The van der Waals surface area contributed by atoms with E-state index in [-0.39, 0.29) is 24.5 Å². The molecule has 3 aromatic carbocycles. The van der Waals surface area contributed by atoms with E-state index < -0.39 is 16.0 Å². The third-order valence-electron chi connectivity index (χ3n) is 4.28. The summed E-state index contributed by atoms with van der Waals surface area (Å²) in [6.45, 7) is -0.0827. The van der Waals surface area contributed by atoms with Gasteiger partial charge in [0, 0.05) is 17.1 Å². The summed E-state index contributed by atoms with van der Waals surface area (Å²) in [6, 6.07) is 17.4. The van der Waals surface area contributed by atoms with Crippen LogP contribution in [0.4, 0.5) is 0 Å². The Morgan fingerprint density at radius 1 is 1.03 bits per heavy atom. The number of nitrogens with one attached hydrogen (secondary N) is 1. The maximum absolute atomic E-state index is 12.5. The zero-order chi connectivity index (χ0) is 20.9. The Hall–Kier alpha value is -2.61. The van der Waals surface area contributed by atoms with Crippen LogP contribution in [0.15, 0.2) is 65.6 Å². The van der Waals surface area contributed by atoms with Gasteiger partial charge in [0.1, 0.15) is 12.4 Å². The number of benzene rings is 3. The number of ether oxygens (including phenoxy) is 2. The highest BCUT2D eigenvalue weighted by molar-refractivity contribution is 7.89. The molecule has 0 fully saturated rings. The number of methoxy groups -OCH3 is 1. The van der Waals surface area contributed by atoms with E-state index in [2.05, 4.69) is 4.72 Å². The van der Waals surface area contributed by atoms with Crippen LogP contribution in [0.5, 0.6) is 5.75 Å². The molecule has 6 nitrogen and oxygen atoms in total. The maximum Gasteiger partial charge on any atom is 0.307 e. The summed E-state index contributed by atoms with van der Waals surface area (Å²) >= 11 is 5.94. The normalized spacial score (nSPS) is 11.4. The van der Waals surface area contributed by atoms with Gasteiger partial charge in [-0.15, -0.1) is 0 Å². The Morgan fingerprint density at radius 3 is 2.55 bits per heavy atom. The summed E-state index contributed by atoms with van der Waals surface area (Å²) < 4.78 is 37.7. The van der Waals surface area contributed by atoms with Gasteiger partial charge in [-0.1, -0.05) is 41.9 Å². The molecule has 3 rings (SSSR count). The first kappa shape index (κ1) is 21.1. The first-order valence-corrected chi connectivity index (χ1v) is 10.7. The van der Waals surface area contributed by atoms with Gasteiger partial charge in [0.15, 0.2) is 0 Å². The van der Waals surface area contributed by atoms with Gasteiger partial charge in [-0.3, -0.25) is 4.79 Å². The first-order chi connectivity index (χ1) is 13.9. The topological polar surface area (TPSA) is 81.7 Å². The maximum atomic E-state index is 12.5. The van der Waals surface area contributed by atoms with Gasteiger partial charge in [-0.2, -0.15) is 0 Å². The van der Waals surface area contributed by atoms with E-state index >= 15 is 0 Å². The second kappa shape index (κ2) is 9.26. The van der Waals surface area contributed by atoms with E-state index in [0.717, 1.165) is 10.8 Å². The monoisotopic (exact) mass is 433 g/mol. The molecule has 0 radical (unpaired) electrons. The van der Waals surface area contributed by atoms with Crippen molar-refractivity contribution in [1.82, 2.24) is 4.72 Å². The molecule has 3 aromatic rings. The molecule has 0 unspecified atom stereocenters. The summed E-state index contributed by atoms with van der Waals surface area (Å²) in [6.07, 6.45) is -0.101. The number of halogens is 1.